The van der Waals surface area contributed by atoms with Crippen LogP contribution in [0, 0.1) is 13.8 Å². The van der Waals surface area contributed by atoms with Gasteiger partial charge in [0.1, 0.15) is 11.6 Å². The first-order valence-corrected chi connectivity index (χ1v) is 14.6. The zero-order valence-corrected chi connectivity index (χ0v) is 25.7. The van der Waals surface area contributed by atoms with E-state index in [0.717, 1.165) is 44.9 Å². The molecule has 0 aliphatic heterocycles. The molecule has 0 radical (unpaired) electrons. The topological polar surface area (TPSA) is 103 Å². The Labute approximate surface area is 262 Å². The van der Waals surface area contributed by atoms with Crippen molar-refractivity contribution in [2.75, 3.05) is 19.0 Å². The van der Waals surface area contributed by atoms with Gasteiger partial charge in [-0.05, 0) is 78.9 Å². The molecule has 0 spiro atoms. The fourth-order valence-corrected chi connectivity index (χ4v) is 5.08. The minimum Gasteiger partial charge on any atom is -0.495 e. The van der Waals surface area contributed by atoms with Crippen molar-refractivity contribution in [2.24, 2.45) is 0 Å². The molecule has 0 fully saturated rings. The summed E-state index contributed by atoms with van der Waals surface area (Å²) in [6.07, 6.45) is 5.53. The number of ether oxygens (including phenoxy) is 2. The summed E-state index contributed by atoms with van der Waals surface area (Å²) in [7, 11) is 1.56. The molecular formula is C37H35N3O5. The normalized spacial score (nSPS) is 11.0. The lowest BCUT2D eigenvalue weighted by Gasteiger charge is -2.12. The van der Waals surface area contributed by atoms with Crippen LogP contribution in [0.4, 0.5) is 10.5 Å². The Balaban J connectivity index is 1.40. The van der Waals surface area contributed by atoms with Gasteiger partial charge in [-0.15, -0.1) is 0 Å². The lowest BCUT2D eigenvalue weighted by molar-refractivity contribution is 0.0696. The first-order chi connectivity index (χ1) is 21.7. The number of methoxy groups -OCH3 is 1. The molecule has 45 heavy (non-hydrogen) atoms. The number of carbonyl (C=O) groups is 2. The number of anilines is 1. The third-order valence-corrected chi connectivity index (χ3v) is 7.40. The van der Waals surface area contributed by atoms with Crippen LogP contribution in [0.15, 0.2) is 91.1 Å². The van der Waals surface area contributed by atoms with Gasteiger partial charge < -0.3 is 19.1 Å². The average molecular weight is 602 g/mol. The molecule has 1 aromatic heterocycles. The minimum atomic E-state index is -0.946. The smallest absolute Gasteiger partial charge is 0.411 e. The lowest BCUT2D eigenvalue weighted by Crippen LogP contribution is -2.13. The van der Waals surface area contributed by atoms with E-state index < -0.39 is 12.1 Å². The van der Waals surface area contributed by atoms with Crippen molar-refractivity contribution in [3.8, 4) is 28.1 Å². The number of hydrogen-bond acceptors (Lipinski definition) is 5. The van der Waals surface area contributed by atoms with Gasteiger partial charge in [-0.2, -0.15) is 0 Å². The van der Waals surface area contributed by atoms with Crippen LogP contribution < -0.4 is 10.1 Å². The summed E-state index contributed by atoms with van der Waals surface area (Å²) in [6.45, 7) is 6.73. The molecule has 0 bridgehead atoms. The number of rotatable bonds is 10. The van der Waals surface area contributed by atoms with Crippen molar-refractivity contribution < 1.29 is 24.2 Å². The Morgan fingerprint density at radius 2 is 1.64 bits per heavy atom. The van der Waals surface area contributed by atoms with Crippen LogP contribution in [0.5, 0.6) is 5.75 Å². The SMILES string of the molecule is CCOC(=O)Nc1ccc(-c2ccc(/C=C/c3nc(-c4ccc(C)cc4C)cn3Cc3ccc(C(=O)O)cc3)cc2)cc1OC. The van der Waals surface area contributed by atoms with Gasteiger partial charge >= 0.3 is 12.1 Å². The standard InChI is InChI=1S/C37H35N3O5/c1-5-45-37(43)39-32-18-16-30(21-34(32)44-4)28-12-7-26(8-13-28)11-19-35-38-33(31-17-6-24(2)20-25(31)3)23-40(35)22-27-9-14-29(15-10-27)36(41)42/h6-21,23H,5,22H2,1-4H3,(H,39,43)(H,41,42)/b19-11+. The molecule has 8 heteroatoms. The van der Waals surface area contributed by atoms with E-state index in [0.29, 0.717) is 18.0 Å². The highest BCUT2D eigenvalue weighted by Crippen LogP contribution is 2.31. The van der Waals surface area contributed by atoms with Gasteiger partial charge in [-0.1, -0.05) is 72.3 Å². The van der Waals surface area contributed by atoms with Crippen LogP contribution in [0.3, 0.4) is 0 Å². The van der Waals surface area contributed by atoms with Crippen molar-refractivity contribution in [3.05, 3.63) is 125 Å². The van der Waals surface area contributed by atoms with E-state index in [2.05, 4.69) is 41.9 Å². The second-order valence-corrected chi connectivity index (χ2v) is 10.6. The number of nitrogens with one attached hydrogen (secondary N) is 1. The van der Waals surface area contributed by atoms with Crippen LogP contribution in [0.2, 0.25) is 0 Å². The van der Waals surface area contributed by atoms with Crippen molar-refractivity contribution >= 4 is 29.9 Å². The lowest BCUT2D eigenvalue weighted by atomic mass is 10.0. The second-order valence-electron chi connectivity index (χ2n) is 10.6. The number of carbonyl (C=O) groups excluding carboxylic acids is 1. The van der Waals surface area contributed by atoms with Gasteiger partial charge in [0.15, 0.2) is 0 Å². The van der Waals surface area contributed by atoms with Gasteiger partial charge in [0.05, 0.1) is 30.7 Å². The van der Waals surface area contributed by atoms with Crippen molar-refractivity contribution in [3.63, 3.8) is 0 Å². The predicted octanol–water partition coefficient (Wildman–Crippen LogP) is 8.33. The Bertz CT molecular complexity index is 1850. The van der Waals surface area contributed by atoms with Crippen LogP contribution >= 0.6 is 0 Å². The Kier molecular flexibility index (Phi) is 9.43. The highest BCUT2D eigenvalue weighted by Gasteiger charge is 2.13. The number of hydrogen-bond donors (Lipinski definition) is 2. The van der Waals surface area contributed by atoms with E-state index in [1.165, 1.54) is 5.56 Å². The summed E-state index contributed by atoms with van der Waals surface area (Å²) in [6, 6.07) is 27.0. The Morgan fingerprint density at radius 1 is 0.911 bits per heavy atom. The van der Waals surface area contributed by atoms with Gasteiger partial charge in [-0.3, -0.25) is 5.32 Å². The fraction of sp³-hybridized carbons (Fsp3) is 0.162. The van der Waals surface area contributed by atoms with Gasteiger partial charge in [0.25, 0.3) is 0 Å². The molecule has 0 saturated carbocycles. The molecule has 5 aromatic rings. The first-order valence-electron chi connectivity index (χ1n) is 14.6. The molecule has 228 valence electrons. The number of nitrogens with zero attached hydrogens (tertiary/aromatic N) is 2. The number of aryl methyl sites for hydroxylation is 2. The summed E-state index contributed by atoms with van der Waals surface area (Å²) in [4.78, 5) is 28.2. The molecule has 0 unspecified atom stereocenters. The van der Waals surface area contributed by atoms with Gasteiger partial charge in [0.2, 0.25) is 0 Å². The van der Waals surface area contributed by atoms with E-state index in [1.807, 2.05) is 66.9 Å². The zero-order chi connectivity index (χ0) is 31.9. The highest BCUT2D eigenvalue weighted by molar-refractivity contribution is 5.88. The second kappa shape index (κ2) is 13.8. The molecule has 0 saturated heterocycles. The van der Waals surface area contributed by atoms with Crippen LogP contribution in [-0.2, 0) is 11.3 Å². The molecule has 0 atom stereocenters. The van der Waals surface area contributed by atoms with E-state index in [4.69, 9.17) is 14.5 Å². The van der Waals surface area contributed by atoms with Crippen molar-refractivity contribution in [1.82, 2.24) is 9.55 Å². The maximum absolute atomic E-state index is 11.9. The first kappa shape index (κ1) is 30.8. The van der Waals surface area contributed by atoms with Crippen molar-refractivity contribution in [2.45, 2.75) is 27.3 Å². The maximum atomic E-state index is 11.9. The molecular weight excluding hydrogens is 566 g/mol. The largest absolute Gasteiger partial charge is 0.495 e. The maximum Gasteiger partial charge on any atom is 0.411 e. The number of benzene rings is 4. The molecule has 0 aliphatic rings. The van der Waals surface area contributed by atoms with Crippen LogP contribution in [0.1, 0.15) is 45.4 Å². The van der Waals surface area contributed by atoms with E-state index >= 15 is 0 Å². The summed E-state index contributed by atoms with van der Waals surface area (Å²) >= 11 is 0. The third kappa shape index (κ3) is 7.48. The predicted molar refractivity (Wildman–Crippen MR) is 178 cm³/mol. The zero-order valence-electron chi connectivity index (χ0n) is 25.7. The van der Waals surface area contributed by atoms with E-state index in [-0.39, 0.29) is 12.2 Å². The Morgan fingerprint density at radius 3 is 2.31 bits per heavy atom. The number of carboxylic acid groups (broad SMARTS) is 1. The third-order valence-electron chi connectivity index (χ3n) is 7.40. The van der Waals surface area contributed by atoms with Gasteiger partial charge in [0, 0.05) is 18.3 Å². The molecule has 0 aliphatic carbocycles. The van der Waals surface area contributed by atoms with E-state index in [9.17, 15) is 14.7 Å². The summed E-state index contributed by atoms with van der Waals surface area (Å²) < 4.78 is 12.5. The van der Waals surface area contributed by atoms with Crippen LogP contribution in [-0.4, -0.2) is 40.4 Å². The number of amides is 1. The van der Waals surface area contributed by atoms with E-state index in [1.54, 1.807) is 32.2 Å². The summed E-state index contributed by atoms with van der Waals surface area (Å²) in [5.74, 6) is 0.373. The number of aromatic nitrogens is 2. The quantitative estimate of drug-likeness (QED) is 0.167. The molecule has 8 nitrogen and oxygen atoms in total. The average Bonchev–Trinajstić information content (AvgIpc) is 3.42. The van der Waals surface area contributed by atoms with Gasteiger partial charge in [-0.25, -0.2) is 14.6 Å². The van der Waals surface area contributed by atoms with Crippen LogP contribution in [0.25, 0.3) is 34.5 Å². The highest BCUT2D eigenvalue weighted by atomic mass is 16.5. The number of aromatic carboxylic acids is 1. The summed E-state index contributed by atoms with van der Waals surface area (Å²) in [5, 5.41) is 12.0. The molecule has 1 amide bonds. The minimum absolute atomic E-state index is 0.256. The Hall–Kier alpha value is -5.63. The number of imidazole rings is 1. The monoisotopic (exact) mass is 601 g/mol. The van der Waals surface area contributed by atoms with Crippen molar-refractivity contribution in [1.29, 1.82) is 0 Å². The molecule has 1 heterocycles. The number of carboxylic acids is 1. The fourth-order valence-electron chi connectivity index (χ4n) is 5.08. The molecule has 4 aromatic carbocycles. The molecule has 2 N–H and O–H groups in total. The summed E-state index contributed by atoms with van der Waals surface area (Å²) in [5.41, 5.74) is 8.99. The molecule has 5 rings (SSSR count).